The van der Waals surface area contributed by atoms with Crippen molar-refractivity contribution in [1.29, 1.82) is 0 Å². The highest BCUT2D eigenvalue weighted by Crippen LogP contribution is 2.40. The fourth-order valence-electron chi connectivity index (χ4n) is 8.58. The molecule has 3 aliphatic heterocycles. The van der Waals surface area contributed by atoms with E-state index in [-0.39, 0.29) is 38.0 Å². The Balaban J connectivity index is 0.000000227. The summed E-state index contributed by atoms with van der Waals surface area (Å²) in [6.07, 6.45) is -10.2. The SMILES string of the molecule is CC(C)(C)OC(=O)N(C(=O)OC(C)(C)C)c1ncc(-c2nc(N3CCOCC3)c3[nH]c(Cl)nc3n2)c(C(F)(F)F)n1.CC(C)(C)OC(=O)N(C(=O)OC(C)(C)C)c1ncc(-c2nc(N3CCOCC3)c3ncn(C4CCCCO4)c3n2)c(C(F)(F)F)n1. The van der Waals surface area contributed by atoms with Crippen LogP contribution in [0.4, 0.5) is 69.1 Å². The average molecular weight is 1250 g/mol. The Morgan fingerprint density at radius 3 is 1.40 bits per heavy atom. The molecule has 9 heterocycles. The van der Waals surface area contributed by atoms with E-state index in [1.807, 2.05) is 4.90 Å². The number of carbonyl (C=O) groups excluding carboxylic acids is 4. The quantitative estimate of drug-likeness (QED) is 0.0882. The summed E-state index contributed by atoms with van der Waals surface area (Å²) in [6, 6.07) is 0. The van der Waals surface area contributed by atoms with Crippen LogP contribution in [0.3, 0.4) is 0 Å². The molecule has 1 unspecified atom stereocenters. The van der Waals surface area contributed by atoms with Crippen molar-refractivity contribution in [3.8, 4) is 22.8 Å². The first-order chi connectivity index (χ1) is 40.4. The molecular formula is C53H65ClF6N16O11. The van der Waals surface area contributed by atoms with Gasteiger partial charge in [0.15, 0.2) is 51.5 Å². The first-order valence-electron chi connectivity index (χ1n) is 27.3. The number of alkyl halides is 6. The van der Waals surface area contributed by atoms with Crippen LogP contribution in [0.25, 0.3) is 45.1 Å². The molecule has 472 valence electrons. The first kappa shape index (κ1) is 65.1. The van der Waals surface area contributed by atoms with Gasteiger partial charge in [0, 0.05) is 45.2 Å². The van der Waals surface area contributed by atoms with Gasteiger partial charge >= 0.3 is 36.7 Å². The van der Waals surface area contributed by atoms with Crippen LogP contribution in [0.2, 0.25) is 5.28 Å². The van der Waals surface area contributed by atoms with Crippen molar-refractivity contribution < 1.29 is 78.7 Å². The summed E-state index contributed by atoms with van der Waals surface area (Å²) >= 11 is 6.03. The Kier molecular flexibility index (Phi) is 18.7. The molecule has 6 aromatic heterocycles. The molecule has 0 aliphatic carbocycles. The lowest BCUT2D eigenvalue weighted by molar-refractivity contribution is -0.141. The first-order valence-corrected chi connectivity index (χ1v) is 27.7. The second-order valence-corrected chi connectivity index (χ2v) is 24.1. The summed E-state index contributed by atoms with van der Waals surface area (Å²) < 4.78 is 127. The Hall–Kier alpha value is -7.91. The Labute approximate surface area is 498 Å². The number of aromatic nitrogens is 12. The van der Waals surface area contributed by atoms with E-state index in [2.05, 4.69) is 54.8 Å². The normalized spacial score (nSPS) is 16.5. The van der Waals surface area contributed by atoms with Crippen molar-refractivity contribution in [1.82, 2.24) is 59.4 Å². The number of nitrogens with one attached hydrogen (secondary N) is 1. The minimum Gasteiger partial charge on any atom is -0.443 e. The van der Waals surface area contributed by atoms with Gasteiger partial charge in [0.25, 0.3) is 0 Å². The van der Waals surface area contributed by atoms with Gasteiger partial charge in [-0.05, 0) is 114 Å². The zero-order valence-electron chi connectivity index (χ0n) is 49.6. The highest BCUT2D eigenvalue weighted by atomic mass is 35.5. The van der Waals surface area contributed by atoms with Crippen LogP contribution in [0.5, 0.6) is 0 Å². The molecule has 87 heavy (non-hydrogen) atoms. The van der Waals surface area contributed by atoms with Crippen LogP contribution in [-0.4, -0.2) is 165 Å². The lowest BCUT2D eigenvalue weighted by Gasteiger charge is -2.29. The molecule has 9 rings (SSSR count). The smallest absolute Gasteiger partial charge is 0.434 e. The molecule has 4 amide bonds. The van der Waals surface area contributed by atoms with Gasteiger partial charge in [0.2, 0.25) is 17.2 Å². The van der Waals surface area contributed by atoms with E-state index < -0.39 is 106 Å². The molecular weight excluding hydrogens is 1190 g/mol. The number of fused-ring (bicyclic) bond motifs is 2. The van der Waals surface area contributed by atoms with Crippen LogP contribution in [0.1, 0.15) is 120 Å². The van der Waals surface area contributed by atoms with Gasteiger partial charge in [-0.1, -0.05) is 0 Å². The van der Waals surface area contributed by atoms with E-state index in [4.69, 9.17) is 44.8 Å². The van der Waals surface area contributed by atoms with Crippen LogP contribution in [0, 0.1) is 0 Å². The molecule has 0 saturated carbocycles. The van der Waals surface area contributed by atoms with Crippen LogP contribution in [0.15, 0.2) is 18.7 Å². The number of hydrogen-bond acceptors (Lipinski definition) is 23. The predicted octanol–water partition coefficient (Wildman–Crippen LogP) is 10.5. The van der Waals surface area contributed by atoms with E-state index in [1.54, 1.807) is 15.8 Å². The number of rotatable bonds is 7. The third-order valence-electron chi connectivity index (χ3n) is 12.1. The fraction of sp³-hybridized carbons (Fsp3) is 0.585. The van der Waals surface area contributed by atoms with Crippen molar-refractivity contribution in [3.05, 3.63) is 35.4 Å². The molecule has 3 saturated heterocycles. The Bertz CT molecular complexity index is 3450. The number of amides is 4. The van der Waals surface area contributed by atoms with Gasteiger partial charge in [0.05, 0.1) is 43.9 Å². The summed E-state index contributed by atoms with van der Waals surface area (Å²) in [5.41, 5.74) is -7.56. The Morgan fingerprint density at radius 1 is 0.563 bits per heavy atom. The third kappa shape index (κ3) is 16.2. The minimum absolute atomic E-state index is 0.0165. The number of ether oxygens (including phenoxy) is 7. The summed E-state index contributed by atoms with van der Waals surface area (Å²) in [4.78, 5) is 100. The van der Waals surface area contributed by atoms with Crippen molar-refractivity contribution in [2.75, 3.05) is 78.8 Å². The van der Waals surface area contributed by atoms with Gasteiger partial charge in [-0.25, -0.2) is 64.0 Å². The number of nitrogens with zero attached hydrogens (tertiary/aromatic N) is 15. The second kappa shape index (κ2) is 25.1. The largest absolute Gasteiger partial charge is 0.443 e. The molecule has 1 N–H and O–H groups in total. The molecule has 0 aromatic carbocycles. The standard InChI is InChI=1S/C29H37F3N8O6.C24H28ClF3N8O5/c1-27(2,3)45-25(41)40(26(42)46-28(4,5)6)24-33-15-17(20(35-24)29(30,31)32)21-36-22(38-10-13-43-14-11-38)19-23(37-21)39(16-34-19)18-9-7-8-12-44-18;1-22(2,3)40-20(37)36(21(38)41-23(4,5)6)19-29-11-12(14(31-19)24(26,27)28)15-32-16-13(30-18(25)34-16)17(33-15)35-7-9-39-10-8-35/h15-16,18H,7-14H2,1-6H3;11H,7-10H2,1-6H3,(H,30,32,33,34). The van der Waals surface area contributed by atoms with Crippen LogP contribution >= 0.6 is 11.6 Å². The number of halogens is 7. The number of anilines is 4. The third-order valence-corrected chi connectivity index (χ3v) is 12.2. The minimum atomic E-state index is -5.08. The molecule has 0 bridgehead atoms. The van der Waals surface area contributed by atoms with Gasteiger partial charge in [-0.2, -0.15) is 31.3 Å². The van der Waals surface area contributed by atoms with E-state index >= 15 is 0 Å². The topological polar surface area (TPSA) is 295 Å². The van der Waals surface area contributed by atoms with E-state index in [0.29, 0.717) is 82.5 Å². The number of hydrogen-bond donors (Lipinski definition) is 1. The molecule has 0 spiro atoms. The van der Waals surface area contributed by atoms with E-state index in [9.17, 15) is 45.5 Å². The number of aromatic amines is 1. The fourth-order valence-corrected chi connectivity index (χ4v) is 8.75. The highest BCUT2D eigenvalue weighted by Gasteiger charge is 2.44. The predicted molar refractivity (Wildman–Crippen MR) is 299 cm³/mol. The molecule has 3 fully saturated rings. The maximum absolute atomic E-state index is 14.7. The molecule has 3 aliphatic rings. The molecule has 34 heteroatoms. The molecule has 1 atom stereocenters. The summed E-state index contributed by atoms with van der Waals surface area (Å²) in [5.74, 6) is -1.96. The maximum Gasteiger partial charge on any atom is 0.434 e. The lowest BCUT2D eigenvalue weighted by Crippen LogP contribution is -2.44. The van der Waals surface area contributed by atoms with Crippen molar-refractivity contribution in [2.24, 2.45) is 0 Å². The summed E-state index contributed by atoms with van der Waals surface area (Å²) in [5, 5.41) is -0.0334. The lowest BCUT2D eigenvalue weighted by atomic mass is 10.2. The average Bonchev–Trinajstić information content (AvgIpc) is 2.09. The number of H-pyrrole nitrogens is 1. The zero-order chi connectivity index (χ0) is 63.8. The van der Waals surface area contributed by atoms with Gasteiger partial charge < -0.3 is 47.9 Å². The monoisotopic (exact) mass is 1250 g/mol. The molecule has 27 nitrogen and oxygen atoms in total. The second-order valence-electron chi connectivity index (χ2n) is 23.8. The van der Waals surface area contributed by atoms with Gasteiger partial charge in [-0.15, -0.1) is 9.80 Å². The molecule has 0 radical (unpaired) electrons. The van der Waals surface area contributed by atoms with E-state index in [1.165, 1.54) is 83.1 Å². The van der Waals surface area contributed by atoms with E-state index in [0.717, 1.165) is 25.2 Å². The number of imide groups is 2. The number of morpholine rings is 2. The van der Waals surface area contributed by atoms with Crippen molar-refractivity contribution in [2.45, 2.75) is 143 Å². The summed E-state index contributed by atoms with van der Waals surface area (Å²) in [7, 11) is 0. The zero-order valence-corrected chi connectivity index (χ0v) is 50.4. The number of imidazole rings is 2. The van der Waals surface area contributed by atoms with Crippen LogP contribution in [-0.2, 0) is 45.5 Å². The maximum atomic E-state index is 14.7. The van der Waals surface area contributed by atoms with Gasteiger partial charge in [0.1, 0.15) is 34.1 Å². The van der Waals surface area contributed by atoms with Crippen molar-refractivity contribution in [3.63, 3.8) is 0 Å². The summed E-state index contributed by atoms with van der Waals surface area (Å²) in [6.45, 7) is 22.0. The Morgan fingerprint density at radius 2 is 0.989 bits per heavy atom. The number of carbonyl (C=O) groups is 4. The molecule has 6 aromatic rings. The van der Waals surface area contributed by atoms with Crippen molar-refractivity contribution >= 4 is 81.8 Å². The van der Waals surface area contributed by atoms with Crippen LogP contribution < -0.4 is 19.6 Å². The van der Waals surface area contributed by atoms with Gasteiger partial charge in [-0.3, -0.25) is 4.57 Å². The highest BCUT2D eigenvalue weighted by molar-refractivity contribution is 6.29.